The Morgan fingerprint density at radius 1 is 1.17 bits per heavy atom. The van der Waals surface area contributed by atoms with Crippen LogP contribution in [0.4, 0.5) is 0 Å². The topological polar surface area (TPSA) is 76.0 Å². The minimum absolute atomic E-state index is 0.733. The number of hydrogen-bond donors (Lipinski definition) is 1. The molecule has 0 radical (unpaired) electrons. The van der Waals surface area contributed by atoms with Crippen molar-refractivity contribution in [2.45, 2.75) is 23.5 Å². The highest BCUT2D eigenvalue weighted by atomic mass is 32.2. The van der Waals surface area contributed by atoms with Crippen molar-refractivity contribution >= 4 is 28.5 Å². The second-order valence-electron chi connectivity index (χ2n) is 5.56. The highest BCUT2D eigenvalue weighted by Gasteiger charge is 2.30. The molecule has 3 aromatic rings. The molecule has 1 N–H and O–H groups in total. The highest BCUT2D eigenvalue weighted by molar-refractivity contribution is 8.01. The lowest BCUT2D eigenvalue weighted by Gasteiger charge is -2.19. The molecule has 0 saturated carbocycles. The summed E-state index contributed by atoms with van der Waals surface area (Å²) in [5.74, 6) is -0.876. The Morgan fingerprint density at radius 3 is 2.78 bits per heavy atom. The number of thioether (sulfide) groups is 1. The predicted octanol–water partition coefficient (Wildman–Crippen LogP) is 3.65. The number of aromatic nitrogens is 3. The number of carbonyl (C=O) groups is 1. The zero-order valence-corrected chi connectivity index (χ0v) is 13.5. The van der Waals surface area contributed by atoms with Crippen LogP contribution in [0.5, 0.6) is 0 Å². The number of hydrogen-bond acceptors (Lipinski definition) is 5. The minimum Gasteiger partial charge on any atom is -0.480 e. The number of nitrogens with zero attached hydrogens (tertiary/aromatic N) is 3. The van der Waals surface area contributed by atoms with Gasteiger partial charge < -0.3 is 5.11 Å². The molecule has 0 unspecified atom stereocenters. The molecule has 0 aliphatic rings. The summed E-state index contributed by atoms with van der Waals surface area (Å²) in [7, 11) is 0. The third-order valence-corrected chi connectivity index (χ3v) is 4.70. The largest absolute Gasteiger partial charge is 0.480 e. The van der Waals surface area contributed by atoms with Gasteiger partial charge >= 0.3 is 5.97 Å². The van der Waals surface area contributed by atoms with Crippen LogP contribution in [-0.2, 0) is 4.79 Å². The number of benzene rings is 1. The van der Waals surface area contributed by atoms with E-state index < -0.39 is 10.7 Å². The summed E-state index contributed by atoms with van der Waals surface area (Å²) in [5.41, 5.74) is 1.67. The van der Waals surface area contributed by atoms with Crippen LogP contribution in [0.2, 0.25) is 0 Å². The van der Waals surface area contributed by atoms with Crippen LogP contribution in [0, 0.1) is 0 Å². The standard InChI is InChI=1S/C17H15N3O2S/c1-17(2,16(21)22)23-14-9-19-10-20-15(14)13-5-3-4-11-8-18-7-6-12(11)13/h3-10H,1-2H3,(H,21,22). The molecule has 2 heterocycles. The maximum atomic E-state index is 11.4. The average molecular weight is 325 g/mol. The van der Waals surface area contributed by atoms with Crippen LogP contribution in [-0.4, -0.2) is 30.8 Å². The molecule has 0 spiro atoms. The Kier molecular flexibility index (Phi) is 4.00. The molecular formula is C17H15N3O2S. The number of aliphatic carboxylic acids is 1. The molecular weight excluding hydrogens is 310 g/mol. The van der Waals surface area contributed by atoms with Crippen LogP contribution in [0.15, 0.2) is 54.1 Å². The molecule has 1 aromatic carbocycles. The Morgan fingerprint density at radius 2 is 2.00 bits per heavy atom. The predicted molar refractivity (Wildman–Crippen MR) is 90.3 cm³/mol. The third-order valence-electron chi connectivity index (χ3n) is 3.49. The van der Waals surface area contributed by atoms with Crippen molar-refractivity contribution in [1.82, 2.24) is 15.0 Å². The zero-order valence-electron chi connectivity index (χ0n) is 12.7. The van der Waals surface area contributed by atoms with Gasteiger partial charge in [-0.2, -0.15) is 0 Å². The molecule has 5 nitrogen and oxygen atoms in total. The summed E-state index contributed by atoms with van der Waals surface area (Å²) in [6.45, 7) is 3.34. The van der Waals surface area contributed by atoms with E-state index in [2.05, 4.69) is 15.0 Å². The molecule has 0 amide bonds. The Labute approximate surface area is 137 Å². The van der Waals surface area contributed by atoms with Gasteiger partial charge in [-0.15, -0.1) is 11.8 Å². The van der Waals surface area contributed by atoms with Crippen molar-refractivity contribution < 1.29 is 9.90 Å². The lowest BCUT2D eigenvalue weighted by atomic mass is 10.0. The van der Waals surface area contributed by atoms with E-state index >= 15 is 0 Å². The molecule has 0 aliphatic heterocycles. The van der Waals surface area contributed by atoms with Gasteiger partial charge in [0, 0.05) is 29.5 Å². The van der Waals surface area contributed by atoms with Gasteiger partial charge in [0.15, 0.2) is 0 Å². The second kappa shape index (κ2) is 5.96. The van der Waals surface area contributed by atoms with Gasteiger partial charge in [0.05, 0.1) is 10.6 Å². The van der Waals surface area contributed by atoms with Crippen molar-refractivity contribution in [3.63, 3.8) is 0 Å². The van der Waals surface area contributed by atoms with Gasteiger partial charge in [-0.25, -0.2) is 9.97 Å². The van der Waals surface area contributed by atoms with E-state index in [4.69, 9.17) is 0 Å². The second-order valence-corrected chi connectivity index (χ2v) is 7.22. The average Bonchev–Trinajstić information content (AvgIpc) is 2.54. The maximum absolute atomic E-state index is 11.4. The number of carboxylic acid groups (broad SMARTS) is 1. The Hall–Kier alpha value is -2.47. The quantitative estimate of drug-likeness (QED) is 0.738. The first-order valence-corrected chi connectivity index (χ1v) is 7.86. The zero-order chi connectivity index (χ0) is 16.4. The van der Waals surface area contributed by atoms with Crippen molar-refractivity contribution in [3.05, 3.63) is 49.2 Å². The number of rotatable bonds is 4. The van der Waals surface area contributed by atoms with Crippen LogP contribution in [0.25, 0.3) is 22.0 Å². The molecule has 2 aromatic heterocycles. The summed E-state index contributed by atoms with van der Waals surface area (Å²) in [5, 5.41) is 11.4. The lowest BCUT2D eigenvalue weighted by molar-refractivity contribution is -0.138. The van der Waals surface area contributed by atoms with Gasteiger partial charge in [-0.1, -0.05) is 18.2 Å². The summed E-state index contributed by atoms with van der Waals surface area (Å²) in [4.78, 5) is 24.7. The molecule has 0 saturated heterocycles. The third kappa shape index (κ3) is 3.03. The first-order chi connectivity index (χ1) is 11.0. The molecule has 6 heteroatoms. The van der Waals surface area contributed by atoms with Crippen molar-refractivity contribution in [2.75, 3.05) is 0 Å². The molecule has 0 bridgehead atoms. The summed E-state index contributed by atoms with van der Waals surface area (Å²) < 4.78 is -0.967. The Bertz CT molecular complexity index is 875. The SMILES string of the molecule is CC(C)(Sc1cncnc1-c1cccc2cnccc12)C(=O)O. The van der Waals surface area contributed by atoms with Crippen LogP contribution in [0.1, 0.15) is 13.8 Å². The Balaban J connectivity index is 2.15. The first-order valence-electron chi connectivity index (χ1n) is 7.04. The maximum Gasteiger partial charge on any atom is 0.319 e. The van der Waals surface area contributed by atoms with E-state index in [0.29, 0.717) is 0 Å². The molecule has 3 rings (SSSR count). The van der Waals surface area contributed by atoms with Gasteiger partial charge in [0.1, 0.15) is 11.1 Å². The van der Waals surface area contributed by atoms with Gasteiger partial charge in [-0.3, -0.25) is 9.78 Å². The van der Waals surface area contributed by atoms with Crippen molar-refractivity contribution in [3.8, 4) is 11.3 Å². The monoisotopic (exact) mass is 325 g/mol. The number of carboxylic acids is 1. The van der Waals surface area contributed by atoms with Crippen LogP contribution < -0.4 is 0 Å². The normalized spacial score (nSPS) is 11.6. The van der Waals surface area contributed by atoms with Crippen LogP contribution >= 0.6 is 11.8 Å². The fraction of sp³-hybridized carbons (Fsp3) is 0.176. The summed E-state index contributed by atoms with van der Waals surface area (Å²) in [6.07, 6.45) is 6.68. The van der Waals surface area contributed by atoms with Crippen molar-refractivity contribution in [1.29, 1.82) is 0 Å². The lowest BCUT2D eigenvalue weighted by Crippen LogP contribution is -2.27. The highest BCUT2D eigenvalue weighted by Crippen LogP contribution is 2.39. The van der Waals surface area contributed by atoms with Crippen molar-refractivity contribution in [2.24, 2.45) is 0 Å². The van der Waals surface area contributed by atoms with Gasteiger partial charge in [-0.05, 0) is 25.3 Å². The van der Waals surface area contributed by atoms with E-state index in [1.54, 1.807) is 32.4 Å². The first kappa shape index (κ1) is 15.4. The van der Waals surface area contributed by atoms with Gasteiger partial charge in [0.25, 0.3) is 0 Å². The molecule has 0 fully saturated rings. The molecule has 0 atom stereocenters. The number of fused-ring (bicyclic) bond motifs is 1. The fourth-order valence-electron chi connectivity index (χ4n) is 2.24. The van der Waals surface area contributed by atoms with E-state index in [9.17, 15) is 9.90 Å². The minimum atomic E-state index is -0.967. The van der Waals surface area contributed by atoms with E-state index in [-0.39, 0.29) is 0 Å². The van der Waals surface area contributed by atoms with E-state index in [0.717, 1.165) is 26.9 Å². The summed E-state index contributed by atoms with van der Waals surface area (Å²) in [6, 6.07) is 7.84. The number of pyridine rings is 1. The van der Waals surface area contributed by atoms with E-state index in [1.807, 2.05) is 24.3 Å². The molecule has 116 valence electrons. The fourth-order valence-corrected chi connectivity index (χ4v) is 3.25. The molecule has 23 heavy (non-hydrogen) atoms. The van der Waals surface area contributed by atoms with Crippen LogP contribution in [0.3, 0.4) is 0 Å². The van der Waals surface area contributed by atoms with E-state index in [1.165, 1.54) is 18.1 Å². The smallest absolute Gasteiger partial charge is 0.319 e. The summed E-state index contributed by atoms with van der Waals surface area (Å²) >= 11 is 1.24. The van der Waals surface area contributed by atoms with Gasteiger partial charge in [0.2, 0.25) is 0 Å². The molecule has 0 aliphatic carbocycles.